The van der Waals surface area contributed by atoms with Crippen LogP contribution in [0.5, 0.6) is 0 Å². The lowest BCUT2D eigenvalue weighted by molar-refractivity contribution is 0.381. The molecular formula is C4H10N6O6S2. The zero-order valence-corrected chi connectivity index (χ0v) is 10.5. The van der Waals surface area contributed by atoms with Gasteiger partial charge in [0, 0.05) is 0 Å². The van der Waals surface area contributed by atoms with Crippen molar-refractivity contribution in [2.24, 2.45) is 0 Å². The number of nitrogens with one attached hydrogen (secondary N) is 1. The topological polar surface area (TPSA) is 211 Å². The third kappa shape index (κ3) is 10.7. The lowest BCUT2D eigenvalue weighted by Gasteiger charge is -2.02. The van der Waals surface area contributed by atoms with Gasteiger partial charge in [-0.1, -0.05) is 0 Å². The van der Waals surface area contributed by atoms with Gasteiger partial charge in [-0.3, -0.25) is 13.8 Å². The van der Waals surface area contributed by atoms with Crippen LogP contribution in [-0.2, 0) is 20.4 Å². The Morgan fingerprint density at radius 2 is 1.33 bits per heavy atom. The van der Waals surface area contributed by atoms with E-state index in [9.17, 15) is 8.42 Å². The van der Waals surface area contributed by atoms with Crippen molar-refractivity contribution >= 4 is 38.3 Å². The van der Waals surface area contributed by atoms with E-state index in [0.29, 0.717) is 0 Å². The van der Waals surface area contributed by atoms with Gasteiger partial charge in [-0.05, 0) is 0 Å². The van der Waals surface area contributed by atoms with E-state index in [4.69, 9.17) is 29.0 Å². The van der Waals surface area contributed by atoms with Crippen LogP contribution in [0.4, 0.5) is 17.8 Å². The lowest BCUT2D eigenvalue weighted by Crippen LogP contribution is -2.14. The summed E-state index contributed by atoms with van der Waals surface area (Å²) in [7, 11) is -8.09. The number of sulfonamides is 1. The molecule has 0 aromatic carbocycles. The Balaban J connectivity index is 0.000000494. The zero-order chi connectivity index (χ0) is 14.6. The Hall–Kier alpha value is -1.77. The average Bonchev–Trinajstić information content (AvgIpc) is 1.92. The normalized spacial score (nSPS) is 11.3. The second kappa shape index (κ2) is 5.71. The molecule has 14 heteroatoms. The first-order chi connectivity index (χ1) is 7.87. The van der Waals surface area contributed by atoms with Crippen LogP contribution in [0.1, 0.15) is 0 Å². The Labute approximate surface area is 102 Å². The van der Waals surface area contributed by atoms with Crippen LogP contribution in [0.25, 0.3) is 0 Å². The van der Waals surface area contributed by atoms with E-state index in [1.165, 1.54) is 0 Å². The maximum atomic E-state index is 10.7. The molecule has 0 saturated heterocycles. The number of rotatable bonds is 2. The Morgan fingerprint density at radius 3 is 1.61 bits per heavy atom. The van der Waals surface area contributed by atoms with Crippen LogP contribution in [-0.4, -0.2) is 47.1 Å². The van der Waals surface area contributed by atoms with E-state index in [2.05, 4.69) is 15.0 Å². The number of nitrogens with zero attached hydrogens (tertiary/aromatic N) is 3. The van der Waals surface area contributed by atoms with Crippen molar-refractivity contribution < 1.29 is 25.9 Å². The van der Waals surface area contributed by atoms with E-state index >= 15 is 0 Å². The molecule has 7 N–H and O–H groups in total. The molecule has 1 rings (SSSR count). The van der Waals surface area contributed by atoms with Crippen molar-refractivity contribution in [2.75, 3.05) is 22.4 Å². The SMILES string of the molecule is CS(=O)(=O)Nc1nc(N)nc(N)n1.O=S(=O)(O)O. The molecule has 0 aliphatic rings. The highest BCUT2D eigenvalue weighted by molar-refractivity contribution is 7.92. The zero-order valence-electron chi connectivity index (χ0n) is 8.84. The summed E-state index contributed by atoms with van der Waals surface area (Å²) in [6, 6.07) is 0. The van der Waals surface area contributed by atoms with Gasteiger partial charge < -0.3 is 11.5 Å². The van der Waals surface area contributed by atoms with E-state index in [1.807, 2.05) is 4.72 Å². The monoisotopic (exact) mass is 302 g/mol. The van der Waals surface area contributed by atoms with E-state index < -0.39 is 20.4 Å². The highest BCUT2D eigenvalue weighted by atomic mass is 32.3. The van der Waals surface area contributed by atoms with Crippen molar-refractivity contribution in [3.8, 4) is 0 Å². The summed E-state index contributed by atoms with van der Waals surface area (Å²) in [4.78, 5) is 10.5. The molecule has 0 amide bonds. The van der Waals surface area contributed by atoms with Gasteiger partial charge in [0.1, 0.15) is 0 Å². The number of nitrogen functional groups attached to an aromatic ring is 2. The highest BCUT2D eigenvalue weighted by Gasteiger charge is 2.06. The molecule has 104 valence electrons. The van der Waals surface area contributed by atoms with Gasteiger partial charge in [0.15, 0.2) is 0 Å². The molecule has 1 aromatic rings. The number of anilines is 3. The maximum Gasteiger partial charge on any atom is 0.394 e. The first-order valence-corrected chi connectivity index (χ1v) is 7.10. The first-order valence-electron chi connectivity index (χ1n) is 3.81. The molecule has 0 unspecified atom stereocenters. The fourth-order valence-electron chi connectivity index (χ4n) is 0.621. The molecule has 12 nitrogen and oxygen atoms in total. The lowest BCUT2D eigenvalue weighted by atomic mass is 10.8. The summed E-state index contributed by atoms with van der Waals surface area (Å²) in [5.41, 5.74) is 10.4. The standard InChI is InChI=1S/C4H8N6O2S.H2O4S/c1-13(11,12)10-4-8-2(5)7-3(6)9-4;1-5(2,3)4/h1H3,(H5,5,6,7,8,9,10);(H2,1,2,3,4). The Bertz CT molecular complexity index is 583. The van der Waals surface area contributed by atoms with Crippen LogP contribution in [0.2, 0.25) is 0 Å². The van der Waals surface area contributed by atoms with E-state index in [1.54, 1.807) is 0 Å². The quantitative estimate of drug-likeness (QED) is 0.368. The largest absolute Gasteiger partial charge is 0.394 e. The van der Waals surface area contributed by atoms with Gasteiger partial charge in [0.25, 0.3) is 0 Å². The molecular weight excluding hydrogens is 292 g/mol. The van der Waals surface area contributed by atoms with Gasteiger partial charge in [-0.25, -0.2) is 8.42 Å². The molecule has 0 saturated carbocycles. The molecule has 0 radical (unpaired) electrons. The molecule has 1 aromatic heterocycles. The van der Waals surface area contributed by atoms with E-state index in [0.717, 1.165) is 6.26 Å². The van der Waals surface area contributed by atoms with Crippen LogP contribution < -0.4 is 16.2 Å². The number of hydrogen-bond acceptors (Lipinski definition) is 9. The molecule has 0 aliphatic carbocycles. The van der Waals surface area contributed by atoms with Crippen LogP contribution in [0.3, 0.4) is 0 Å². The van der Waals surface area contributed by atoms with Crippen molar-refractivity contribution in [1.29, 1.82) is 0 Å². The molecule has 1 heterocycles. The Morgan fingerprint density at radius 1 is 1.00 bits per heavy atom. The minimum Gasteiger partial charge on any atom is -0.368 e. The first kappa shape index (κ1) is 16.2. The average molecular weight is 302 g/mol. The van der Waals surface area contributed by atoms with E-state index in [-0.39, 0.29) is 17.8 Å². The van der Waals surface area contributed by atoms with Crippen molar-refractivity contribution in [3.05, 3.63) is 0 Å². The minimum absolute atomic E-state index is 0.140. The Kier molecular flexibility index (Phi) is 5.15. The van der Waals surface area contributed by atoms with Crippen molar-refractivity contribution in [1.82, 2.24) is 15.0 Å². The van der Waals surface area contributed by atoms with Crippen LogP contribution in [0.15, 0.2) is 0 Å². The molecule has 0 atom stereocenters. The molecule has 0 aliphatic heterocycles. The second-order valence-corrected chi connectivity index (χ2v) is 5.34. The van der Waals surface area contributed by atoms with Gasteiger partial charge in [0.05, 0.1) is 6.26 Å². The number of aromatic nitrogens is 3. The number of hydrogen-bond donors (Lipinski definition) is 5. The smallest absolute Gasteiger partial charge is 0.368 e. The summed E-state index contributed by atoms with van der Waals surface area (Å²) in [6.45, 7) is 0. The molecule has 0 fully saturated rings. The second-order valence-electron chi connectivity index (χ2n) is 2.70. The summed E-state index contributed by atoms with van der Waals surface area (Å²) < 4.78 is 55.1. The minimum atomic E-state index is -4.67. The molecule has 0 spiro atoms. The summed E-state index contributed by atoms with van der Waals surface area (Å²) in [6.07, 6.45) is 0.961. The fraction of sp³-hybridized carbons (Fsp3) is 0.250. The van der Waals surface area contributed by atoms with Crippen LogP contribution >= 0.6 is 0 Å². The van der Waals surface area contributed by atoms with Gasteiger partial charge in [-0.2, -0.15) is 23.4 Å². The molecule has 0 bridgehead atoms. The number of nitrogens with two attached hydrogens (primary N) is 2. The predicted molar refractivity (Wildman–Crippen MR) is 61.3 cm³/mol. The molecule has 18 heavy (non-hydrogen) atoms. The van der Waals surface area contributed by atoms with Gasteiger partial charge >= 0.3 is 10.4 Å². The fourth-order valence-corrected chi connectivity index (χ4v) is 1.04. The van der Waals surface area contributed by atoms with Gasteiger partial charge in [-0.15, -0.1) is 0 Å². The van der Waals surface area contributed by atoms with Crippen molar-refractivity contribution in [2.45, 2.75) is 0 Å². The summed E-state index contributed by atoms with van der Waals surface area (Å²) >= 11 is 0. The summed E-state index contributed by atoms with van der Waals surface area (Å²) in [5.74, 6) is -0.468. The highest BCUT2D eigenvalue weighted by Crippen LogP contribution is 2.04. The third-order valence-corrected chi connectivity index (χ3v) is 1.50. The van der Waals surface area contributed by atoms with Crippen molar-refractivity contribution in [3.63, 3.8) is 0 Å². The van der Waals surface area contributed by atoms with Gasteiger partial charge in [0.2, 0.25) is 27.9 Å². The maximum absolute atomic E-state index is 10.7. The third-order valence-electron chi connectivity index (χ3n) is 0.947. The van der Waals surface area contributed by atoms with Crippen LogP contribution in [0, 0.1) is 0 Å². The summed E-state index contributed by atoms with van der Waals surface area (Å²) in [5, 5.41) is 0. The predicted octanol–water partition coefficient (Wildman–Crippen LogP) is -2.25.